The van der Waals surface area contributed by atoms with Crippen LogP contribution in [0, 0.1) is 6.92 Å². The molecule has 0 aliphatic carbocycles. The third-order valence-electron chi connectivity index (χ3n) is 4.20. The number of carbonyl (C=O) groups is 2. The molecule has 0 N–H and O–H groups in total. The van der Waals surface area contributed by atoms with E-state index in [4.69, 9.17) is 14.2 Å². The number of anilines is 1. The first-order chi connectivity index (χ1) is 14.2. The molecule has 9 heteroatoms. The van der Waals surface area contributed by atoms with Gasteiger partial charge in [-0.15, -0.1) is 0 Å². The number of carbonyl (C=O) groups excluding carboxylic acids is 2. The van der Waals surface area contributed by atoms with Gasteiger partial charge in [0.15, 0.2) is 0 Å². The van der Waals surface area contributed by atoms with E-state index in [1.807, 2.05) is 6.92 Å². The number of ether oxygens (including phenoxy) is 3. The van der Waals surface area contributed by atoms with E-state index in [0.29, 0.717) is 17.9 Å². The summed E-state index contributed by atoms with van der Waals surface area (Å²) in [4.78, 5) is 24.1. The fraction of sp³-hybridized carbons (Fsp3) is 0.333. The minimum absolute atomic E-state index is 0.0295. The fourth-order valence-corrected chi connectivity index (χ4v) is 4.21. The topological polar surface area (TPSA) is 99.2 Å². The van der Waals surface area contributed by atoms with Crippen molar-refractivity contribution in [3.05, 3.63) is 53.6 Å². The van der Waals surface area contributed by atoms with E-state index in [0.717, 1.165) is 4.31 Å². The highest BCUT2D eigenvalue weighted by atomic mass is 32.2. The van der Waals surface area contributed by atoms with Gasteiger partial charge in [-0.3, -0.25) is 9.10 Å². The largest absolute Gasteiger partial charge is 0.494 e. The summed E-state index contributed by atoms with van der Waals surface area (Å²) in [6.07, 6.45) is 0. The third-order valence-corrected chi connectivity index (χ3v) is 5.97. The van der Waals surface area contributed by atoms with Gasteiger partial charge in [0.1, 0.15) is 12.3 Å². The van der Waals surface area contributed by atoms with E-state index in [2.05, 4.69) is 0 Å². The maximum atomic E-state index is 13.4. The Labute approximate surface area is 176 Å². The number of nitrogens with zero attached hydrogens (tertiary/aromatic N) is 1. The monoisotopic (exact) mass is 435 g/mol. The van der Waals surface area contributed by atoms with Crippen LogP contribution in [0.15, 0.2) is 47.4 Å². The highest BCUT2D eigenvalue weighted by molar-refractivity contribution is 7.92. The molecule has 0 spiro atoms. The Hall–Kier alpha value is -3.07. The molecular weight excluding hydrogens is 410 g/mol. The zero-order valence-electron chi connectivity index (χ0n) is 17.4. The minimum atomic E-state index is -4.15. The number of aryl methyl sites for hydroxylation is 1. The maximum Gasteiger partial charge on any atom is 0.337 e. The van der Waals surface area contributed by atoms with Crippen LogP contribution in [0.1, 0.15) is 29.8 Å². The van der Waals surface area contributed by atoms with Gasteiger partial charge >= 0.3 is 11.9 Å². The summed E-state index contributed by atoms with van der Waals surface area (Å²) in [5.74, 6) is -0.807. The van der Waals surface area contributed by atoms with Crippen molar-refractivity contribution in [1.29, 1.82) is 0 Å². The molecule has 0 amide bonds. The summed E-state index contributed by atoms with van der Waals surface area (Å²) in [7, 11) is -2.91. The normalized spacial score (nSPS) is 10.9. The van der Waals surface area contributed by atoms with Gasteiger partial charge in [-0.25, -0.2) is 13.2 Å². The Balaban J connectivity index is 2.57. The summed E-state index contributed by atoms with van der Waals surface area (Å²) in [5, 5.41) is 0. The van der Waals surface area contributed by atoms with E-state index < -0.39 is 28.5 Å². The zero-order chi connectivity index (χ0) is 22.3. The first-order valence-corrected chi connectivity index (χ1v) is 10.8. The lowest BCUT2D eigenvalue weighted by Gasteiger charge is -2.25. The SMILES string of the molecule is CCOC(=O)CN(c1cc(C(=O)OC)ccc1C)S(=O)(=O)c1ccc(OCC)cc1. The molecule has 0 heterocycles. The highest BCUT2D eigenvalue weighted by Gasteiger charge is 2.29. The van der Waals surface area contributed by atoms with Gasteiger partial charge in [-0.05, 0) is 62.7 Å². The van der Waals surface area contributed by atoms with Gasteiger partial charge in [-0.2, -0.15) is 0 Å². The van der Waals surface area contributed by atoms with Crippen molar-refractivity contribution in [2.45, 2.75) is 25.7 Å². The van der Waals surface area contributed by atoms with E-state index >= 15 is 0 Å². The van der Waals surface area contributed by atoms with Gasteiger partial charge in [-0.1, -0.05) is 6.07 Å². The van der Waals surface area contributed by atoms with Gasteiger partial charge in [0.2, 0.25) is 0 Å². The molecule has 30 heavy (non-hydrogen) atoms. The van der Waals surface area contributed by atoms with Crippen LogP contribution in [0.25, 0.3) is 0 Å². The molecule has 2 rings (SSSR count). The Bertz CT molecular complexity index is 1000. The second-order valence-electron chi connectivity index (χ2n) is 6.21. The molecule has 0 unspecified atom stereocenters. The molecule has 0 saturated carbocycles. The van der Waals surface area contributed by atoms with Gasteiger partial charge in [0.25, 0.3) is 10.0 Å². The number of methoxy groups -OCH3 is 1. The van der Waals surface area contributed by atoms with Crippen molar-refractivity contribution in [2.24, 2.45) is 0 Å². The van der Waals surface area contributed by atoms with Crippen molar-refractivity contribution >= 4 is 27.6 Å². The Morgan fingerprint density at radius 2 is 1.67 bits per heavy atom. The number of rotatable bonds is 9. The van der Waals surface area contributed by atoms with Crippen molar-refractivity contribution in [3.8, 4) is 5.75 Å². The van der Waals surface area contributed by atoms with Crippen LogP contribution in [0.3, 0.4) is 0 Å². The first-order valence-electron chi connectivity index (χ1n) is 9.34. The molecule has 2 aromatic carbocycles. The average molecular weight is 435 g/mol. The van der Waals surface area contributed by atoms with Gasteiger partial charge < -0.3 is 14.2 Å². The summed E-state index contributed by atoms with van der Waals surface area (Å²) >= 11 is 0. The summed E-state index contributed by atoms with van der Waals surface area (Å²) in [6, 6.07) is 10.4. The van der Waals surface area contributed by atoms with Crippen LogP contribution in [0.5, 0.6) is 5.75 Å². The first kappa shape index (κ1) is 23.2. The number of sulfonamides is 1. The average Bonchev–Trinajstić information content (AvgIpc) is 2.73. The fourth-order valence-electron chi connectivity index (χ4n) is 2.75. The second kappa shape index (κ2) is 10.1. The van der Waals surface area contributed by atoms with E-state index in [1.165, 1.54) is 43.5 Å². The van der Waals surface area contributed by atoms with Crippen molar-refractivity contribution in [3.63, 3.8) is 0 Å². The summed E-state index contributed by atoms with van der Waals surface area (Å²) in [6.45, 7) is 5.14. The van der Waals surface area contributed by atoms with Crippen LogP contribution < -0.4 is 9.04 Å². The lowest BCUT2D eigenvalue weighted by molar-refractivity contribution is -0.141. The standard InChI is InChI=1S/C21H25NO7S/c1-5-28-17-9-11-18(12-10-17)30(25,26)22(14-20(23)29-6-2)19-13-16(21(24)27-4)8-7-15(19)3/h7-13H,5-6,14H2,1-4H3. The molecule has 8 nitrogen and oxygen atoms in total. The molecule has 0 radical (unpaired) electrons. The minimum Gasteiger partial charge on any atom is -0.494 e. The van der Waals surface area contributed by atoms with Crippen LogP contribution in [0.4, 0.5) is 5.69 Å². The smallest absolute Gasteiger partial charge is 0.337 e. The van der Waals surface area contributed by atoms with Gasteiger partial charge in [0, 0.05) is 0 Å². The zero-order valence-corrected chi connectivity index (χ0v) is 18.2. The molecule has 0 bridgehead atoms. The van der Waals surface area contributed by atoms with Crippen LogP contribution in [-0.2, 0) is 24.3 Å². The van der Waals surface area contributed by atoms with Crippen LogP contribution in [-0.4, -0.2) is 47.2 Å². The predicted molar refractivity (Wildman–Crippen MR) is 111 cm³/mol. The molecule has 0 fully saturated rings. The molecule has 0 aliphatic rings. The molecule has 0 aliphatic heterocycles. The number of benzene rings is 2. The summed E-state index contributed by atoms with van der Waals surface area (Å²) < 4.78 is 42.8. The molecule has 2 aromatic rings. The molecule has 0 aromatic heterocycles. The third kappa shape index (κ3) is 5.29. The van der Waals surface area contributed by atoms with Gasteiger partial charge in [0.05, 0.1) is 36.5 Å². The van der Waals surface area contributed by atoms with Crippen molar-refractivity contribution < 1.29 is 32.2 Å². The quantitative estimate of drug-likeness (QED) is 0.558. The Morgan fingerprint density at radius 3 is 2.23 bits per heavy atom. The number of hydrogen-bond acceptors (Lipinski definition) is 7. The lowest BCUT2D eigenvalue weighted by Crippen LogP contribution is -2.37. The number of esters is 2. The molecular formula is C21H25NO7S. The van der Waals surface area contributed by atoms with E-state index in [9.17, 15) is 18.0 Å². The molecule has 162 valence electrons. The maximum absolute atomic E-state index is 13.4. The molecule has 0 saturated heterocycles. The Morgan fingerprint density at radius 1 is 1.00 bits per heavy atom. The van der Waals surface area contributed by atoms with Crippen molar-refractivity contribution in [1.82, 2.24) is 0 Å². The van der Waals surface area contributed by atoms with Crippen molar-refractivity contribution in [2.75, 3.05) is 31.2 Å². The Kier molecular flexibility index (Phi) is 7.82. The summed E-state index contributed by atoms with van der Waals surface area (Å²) in [5.41, 5.74) is 0.898. The van der Waals surface area contributed by atoms with E-state index in [1.54, 1.807) is 19.9 Å². The lowest BCUT2D eigenvalue weighted by atomic mass is 10.1. The van der Waals surface area contributed by atoms with Crippen LogP contribution >= 0.6 is 0 Å². The predicted octanol–water partition coefficient (Wildman–Crippen LogP) is 2.94. The van der Waals surface area contributed by atoms with E-state index in [-0.39, 0.29) is 22.8 Å². The highest BCUT2D eigenvalue weighted by Crippen LogP contribution is 2.29. The van der Waals surface area contributed by atoms with Crippen LogP contribution in [0.2, 0.25) is 0 Å². The molecule has 0 atom stereocenters. The number of hydrogen-bond donors (Lipinski definition) is 0. The second-order valence-corrected chi connectivity index (χ2v) is 8.08.